The van der Waals surface area contributed by atoms with Crippen LogP contribution in [0.5, 0.6) is 0 Å². The lowest BCUT2D eigenvalue weighted by Gasteiger charge is -2.25. The zero-order chi connectivity index (χ0) is 13.3. The Morgan fingerprint density at radius 1 is 1.44 bits per heavy atom. The van der Waals surface area contributed by atoms with E-state index in [-0.39, 0.29) is 17.4 Å². The molecule has 1 aliphatic rings. The maximum absolute atomic E-state index is 12.6. The molecule has 18 heavy (non-hydrogen) atoms. The molecule has 0 aromatic carbocycles. The number of pyridine rings is 1. The Morgan fingerprint density at radius 3 is 2.61 bits per heavy atom. The van der Waals surface area contributed by atoms with E-state index in [1.54, 1.807) is 13.0 Å². The maximum atomic E-state index is 12.6. The Hall–Kier alpha value is -1.77. The monoisotopic (exact) mass is 255 g/mol. The fourth-order valence-electron chi connectivity index (χ4n) is 1.81. The lowest BCUT2D eigenvalue weighted by molar-refractivity contribution is -0.120. The van der Waals surface area contributed by atoms with Gasteiger partial charge in [-0.3, -0.25) is 0 Å². The lowest BCUT2D eigenvalue weighted by atomic mass is 10.2. The van der Waals surface area contributed by atoms with E-state index in [4.69, 9.17) is 5.26 Å². The lowest BCUT2D eigenvalue weighted by Crippen LogP contribution is -2.37. The third-order valence-electron chi connectivity index (χ3n) is 2.74. The van der Waals surface area contributed by atoms with Gasteiger partial charge in [0.25, 0.3) is 0 Å². The molecule has 1 fully saturated rings. The van der Waals surface area contributed by atoms with Crippen molar-refractivity contribution in [3.8, 4) is 6.07 Å². The molecule has 1 aromatic rings. The Morgan fingerprint density at radius 2 is 2.11 bits per heavy atom. The van der Waals surface area contributed by atoms with Gasteiger partial charge in [-0.2, -0.15) is 18.4 Å². The van der Waals surface area contributed by atoms with E-state index < -0.39 is 12.7 Å². The van der Waals surface area contributed by atoms with E-state index in [0.717, 1.165) is 12.8 Å². The molecule has 96 valence electrons. The molecule has 0 spiro atoms. The van der Waals surface area contributed by atoms with E-state index in [0.29, 0.717) is 5.69 Å². The van der Waals surface area contributed by atoms with Gasteiger partial charge >= 0.3 is 6.18 Å². The number of anilines is 1. The number of alkyl halides is 3. The van der Waals surface area contributed by atoms with E-state index in [2.05, 4.69) is 4.98 Å². The molecular weight excluding hydrogens is 243 g/mol. The second-order valence-electron chi connectivity index (χ2n) is 4.41. The molecular formula is C12H12F3N3. The third kappa shape index (κ3) is 2.92. The molecule has 1 aliphatic carbocycles. The van der Waals surface area contributed by atoms with Crippen molar-refractivity contribution in [2.45, 2.75) is 32.0 Å². The quantitative estimate of drug-likeness (QED) is 0.833. The average molecular weight is 255 g/mol. The van der Waals surface area contributed by atoms with Crippen molar-refractivity contribution < 1.29 is 13.2 Å². The zero-order valence-electron chi connectivity index (χ0n) is 9.83. The van der Waals surface area contributed by atoms with Gasteiger partial charge in [0.1, 0.15) is 18.4 Å². The summed E-state index contributed by atoms with van der Waals surface area (Å²) in [6, 6.07) is 4.90. The molecule has 6 heteroatoms. The highest BCUT2D eigenvalue weighted by atomic mass is 19.4. The van der Waals surface area contributed by atoms with Crippen molar-refractivity contribution in [2.24, 2.45) is 0 Å². The number of nitrogens with zero attached hydrogens (tertiary/aromatic N) is 3. The first kappa shape index (κ1) is 12.7. The minimum Gasteiger partial charge on any atom is -0.343 e. The molecule has 3 nitrogen and oxygen atoms in total. The first-order valence-corrected chi connectivity index (χ1v) is 5.62. The van der Waals surface area contributed by atoms with E-state index >= 15 is 0 Å². The second kappa shape index (κ2) is 4.48. The molecule has 0 N–H and O–H groups in total. The van der Waals surface area contributed by atoms with Crippen LogP contribution in [0.15, 0.2) is 12.1 Å². The van der Waals surface area contributed by atoms with Crippen LogP contribution in [0.25, 0.3) is 0 Å². The van der Waals surface area contributed by atoms with Crippen LogP contribution < -0.4 is 4.90 Å². The van der Waals surface area contributed by atoms with Crippen LogP contribution >= 0.6 is 0 Å². The van der Waals surface area contributed by atoms with Gasteiger partial charge in [-0.25, -0.2) is 4.98 Å². The Bertz CT molecular complexity index is 486. The Labute approximate surface area is 103 Å². The summed E-state index contributed by atoms with van der Waals surface area (Å²) in [5.74, 6) is 0.150. The topological polar surface area (TPSA) is 39.9 Å². The number of aromatic nitrogens is 1. The average Bonchev–Trinajstić information content (AvgIpc) is 3.08. The van der Waals surface area contributed by atoms with Crippen LogP contribution in [-0.4, -0.2) is 23.7 Å². The molecule has 1 saturated carbocycles. The minimum absolute atomic E-state index is 0.145. The number of hydrogen-bond acceptors (Lipinski definition) is 3. The first-order valence-electron chi connectivity index (χ1n) is 5.62. The first-order chi connectivity index (χ1) is 8.40. The van der Waals surface area contributed by atoms with Crippen LogP contribution in [0.1, 0.15) is 24.1 Å². The van der Waals surface area contributed by atoms with Crippen molar-refractivity contribution in [3.05, 3.63) is 23.4 Å². The Kier molecular flexibility index (Phi) is 3.16. The van der Waals surface area contributed by atoms with Gasteiger partial charge in [0.05, 0.1) is 5.56 Å². The number of aryl methyl sites for hydroxylation is 1. The highest BCUT2D eigenvalue weighted by Gasteiger charge is 2.39. The molecule has 1 heterocycles. The molecule has 0 radical (unpaired) electrons. The van der Waals surface area contributed by atoms with Crippen LogP contribution in [0.3, 0.4) is 0 Å². The predicted octanol–water partition coefficient (Wildman–Crippen LogP) is 2.79. The van der Waals surface area contributed by atoms with Gasteiger partial charge in [0, 0.05) is 11.7 Å². The van der Waals surface area contributed by atoms with Gasteiger partial charge in [0.15, 0.2) is 0 Å². The standard InChI is InChI=1S/C12H12F3N3/c1-8-2-3-9(6-16)11(17-8)18(10-4-5-10)7-12(13,14)15/h2-3,10H,4-5,7H2,1H3. The normalized spacial score (nSPS) is 15.3. The molecule has 1 aromatic heterocycles. The van der Waals surface area contributed by atoms with Crippen LogP contribution in [0, 0.1) is 18.3 Å². The van der Waals surface area contributed by atoms with E-state index in [9.17, 15) is 13.2 Å². The van der Waals surface area contributed by atoms with Crippen molar-refractivity contribution in [3.63, 3.8) is 0 Å². The summed E-state index contributed by atoms with van der Waals surface area (Å²) >= 11 is 0. The highest BCUT2D eigenvalue weighted by Crippen LogP contribution is 2.34. The van der Waals surface area contributed by atoms with Gasteiger partial charge in [-0.15, -0.1) is 0 Å². The van der Waals surface area contributed by atoms with Crippen LogP contribution in [-0.2, 0) is 0 Å². The summed E-state index contributed by atoms with van der Waals surface area (Å²) in [4.78, 5) is 5.29. The van der Waals surface area contributed by atoms with Gasteiger partial charge in [0.2, 0.25) is 0 Å². The molecule has 0 saturated heterocycles. The van der Waals surface area contributed by atoms with E-state index in [1.807, 2.05) is 6.07 Å². The SMILES string of the molecule is Cc1ccc(C#N)c(N(CC(F)(F)F)C2CC2)n1. The summed E-state index contributed by atoms with van der Waals surface area (Å²) < 4.78 is 37.7. The van der Waals surface area contributed by atoms with Crippen molar-refractivity contribution in [2.75, 3.05) is 11.4 Å². The van der Waals surface area contributed by atoms with Crippen molar-refractivity contribution >= 4 is 5.82 Å². The van der Waals surface area contributed by atoms with Crippen LogP contribution in [0.4, 0.5) is 19.0 Å². The largest absolute Gasteiger partial charge is 0.405 e. The summed E-state index contributed by atoms with van der Waals surface area (Å²) in [7, 11) is 0. The summed E-state index contributed by atoms with van der Waals surface area (Å²) in [6.07, 6.45) is -2.85. The maximum Gasteiger partial charge on any atom is 0.405 e. The molecule has 0 unspecified atom stereocenters. The predicted molar refractivity (Wildman–Crippen MR) is 60.1 cm³/mol. The fraction of sp³-hybridized carbons (Fsp3) is 0.500. The second-order valence-corrected chi connectivity index (χ2v) is 4.41. The van der Waals surface area contributed by atoms with Crippen LogP contribution in [0.2, 0.25) is 0 Å². The summed E-state index contributed by atoms with van der Waals surface area (Å²) in [5, 5.41) is 8.96. The van der Waals surface area contributed by atoms with Crippen molar-refractivity contribution in [1.82, 2.24) is 4.98 Å². The molecule has 0 bridgehead atoms. The zero-order valence-corrected chi connectivity index (χ0v) is 9.83. The smallest absolute Gasteiger partial charge is 0.343 e. The number of nitriles is 1. The highest BCUT2D eigenvalue weighted by molar-refractivity contribution is 5.55. The summed E-state index contributed by atoms with van der Waals surface area (Å²) in [5.41, 5.74) is 0.800. The number of hydrogen-bond donors (Lipinski definition) is 0. The van der Waals surface area contributed by atoms with Gasteiger partial charge in [-0.1, -0.05) is 0 Å². The Balaban J connectivity index is 2.36. The number of rotatable bonds is 3. The summed E-state index contributed by atoms with van der Waals surface area (Å²) in [6.45, 7) is 0.645. The molecule has 0 amide bonds. The van der Waals surface area contributed by atoms with E-state index in [1.165, 1.54) is 11.0 Å². The molecule has 2 rings (SSSR count). The minimum atomic E-state index is -4.29. The van der Waals surface area contributed by atoms with Gasteiger partial charge in [-0.05, 0) is 31.9 Å². The molecule has 0 atom stereocenters. The fourth-order valence-corrected chi connectivity index (χ4v) is 1.81. The number of halogens is 3. The van der Waals surface area contributed by atoms with Gasteiger partial charge < -0.3 is 4.90 Å². The third-order valence-corrected chi connectivity index (χ3v) is 2.74. The van der Waals surface area contributed by atoms with Crippen molar-refractivity contribution in [1.29, 1.82) is 5.26 Å². The molecule has 0 aliphatic heterocycles.